The van der Waals surface area contributed by atoms with Gasteiger partial charge in [0.2, 0.25) is 0 Å². The van der Waals surface area contributed by atoms with Gasteiger partial charge in [0, 0.05) is 5.38 Å². The predicted octanol–water partition coefficient (Wildman–Crippen LogP) is -1.38. The maximum absolute atomic E-state index is 12.0. The molecule has 12 heteroatoms. The van der Waals surface area contributed by atoms with Gasteiger partial charge in [0.05, 0.1) is 12.1 Å². The molecule has 1 atom stereocenters. The van der Waals surface area contributed by atoms with E-state index in [9.17, 15) is 18.0 Å². The predicted molar refractivity (Wildman–Crippen MR) is 70.9 cm³/mol. The largest absolute Gasteiger partial charge is 0.398 e. The van der Waals surface area contributed by atoms with Crippen LogP contribution in [0.1, 0.15) is 5.69 Å². The number of amides is 2. The first-order valence-corrected chi connectivity index (χ1v) is 7.78. The van der Waals surface area contributed by atoms with Crippen molar-refractivity contribution in [1.29, 1.82) is 0 Å². The van der Waals surface area contributed by atoms with Crippen molar-refractivity contribution in [3.05, 3.63) is 16.6 Å². The van der Waals surface area contributed by atoms with Crippen LogP contribution in [0.2, 0.25) is 0 Å². The average Bonchev–Trinajstić information content (AvgIpc) is 2.91. The quantitative estimate of drug-likeness (QED) is 0.293. The van der Waals surface area contributed by atoms with Gasteiger partial charge in [-0.25, -0.2) is 9.29 Å². The second kappa shape index (κ2) is 5.75. The third-order valence-corrected chi connectivity index (χ3v) is 4.02. The van der Waals surface area contributed by atoms with E-state index in [1.165, 1.54) is 24.0 Å². The molecule has 1 saturated heterocycles. The summed E-state index contributed by atoms with van der Waals surface area (Å²) < 4.78 is 30.5. The molecule has 0 saturated carbocycles. The molecule has 0 bridgehead atoms. The van der Waals surface area contributed by atoms with E-state index in [0.29, 0.717) is 0 Å². The summed E-state index contributed by atoms with van der Waals surface area (Å²) in [4.78, 5) is 31.9. The summed E-state index contributed by atoms with van der Waals surface area (Å²) in [6.07, 6.45) is 0. The molecular weight excluding hydrogens is 324 g/mol. The van der Waals surface area contributed by atoms with Gasteiger partial charge in [-0.3, -0.25) is 14.1 Å². The number of nitrogens with one attached hydrogen (secondary N) is 1. The lowest BCUT2D eigenvalue weighted by Gasteiger charge is -2.35. The lowest BCUT2D eigenvalue weighted by molar-refractivity contribution is -0.139. The van der Waals surface area contributed by atoms with Crippen molar-refractivity contribution >= 4 is 39.2 Å². The standard InChI is InChI=1S/C9H10N4O6S2/c1-19-12-7(6-3-20-4-10-6)8(14)11-5-2-13(9(5)15)21(16,17)18/h3-5H,2H2,1H3,(H,11,14)(H,16,17,18)/b12-7+/t5-/m0/s1. The number of β-lactam (4-membered cyclic amide) rings is 1. The molecule has 0 unspecified atom stereocenters. The Morgan fingerprint density at radius 3 is 2.86 bits per heavy atom. The Morgan fingerprint density at radius 1 is 1.67 bits per heavy atom. The lowest BCUT2D eigenvalue weighted by atomic mass is 10.1. The number of nitrogens with zero attached hydrogens (tertiary/aromatic N) is 3. The monoisotopic (exact) mass is 334 g/mol. The van der Waals surface area contributed by atoms with Gasteiger partial charge >= 0.3 is 10.3 Å². The number of carbonyl (C=O) groups is 2. The smallest absolute Gasteiger partial charge is 0.362 e. The number of hydrogen-bond acceptors (Lipinski definition) is 8. The van der Waals surface area contributed by atoms with Gasteiger partial charge in [-0.05, 0) is 0 Å². The Kier molecular flexibility index (Phi) is 4.20. The van der Waals surface area contributed by atoms with Crippen LogP contribution in [-0.4, -0.2) is 59.5 Å². The third kappa shape index (κ3) is 3.17. The number of carbonyl (C=O) groups excluding carboxylic acids is 2. The molecule has 1 aliphatic rings. The molecule has 0 aromatic carbocycles. The molecule has 1 fully saturated rings. The van der Waals surface area contributed by atoms with E-state index >= 15 is 0 Å². The molecule has 21 heavy (non-hydrogen) atoms. The van der Waals surface area contributed by atoms with E-state index in [2.05, 4.69) is 20.3 Å². The van der Waals surface area contributed by atoms with Crippen LogP contribution in [0.3, 0.4) is 0 Å². The molecule has 2 amide bonds. The normalized spacial score (nSPS) is 19.1. The molecule has 0 aliphatic carbocycles. The highest BCUT2D eigenvalue weighted by molar-refractivity contribution is 7.84. The molecule has 1 aromatic heterocycles. The summed E-state index contributed by atoms with van der Waals surface area (Å²) in [5.41, 5.74) is 1.61. The van der Waals surface area contributed by atoms with E-state index in [0.717, 1.165) is 0 Å². The molecule has 114 valence electrons. The average molecular weight is 334 g/mol. The van der Waals surface area contributed by atoms with Crippen molar-refractivity contribution in [3.8, 4) is 0 Å². The second-order valence-electron chi connectivity index (χ2n) is 3.87. The first-order valence-electron chi connectivity index (χ1n) is 5.44. The van der Waals surface area contributed by atoms with E-state index in [4.69, 9.17) is 4.55 Å². The number of hydrogen-bond donors (Lipinski definition) is 2. The summed E-state index contributed by atoms with van der Waals surface area (Å²) in [6, 6.07) is -1.06. The Bertz CT molecular complexity index is 683. The fraction of sp³-hybridized carbons (Fsp3) is 0.333. The van der Waals surface area contributed by atoms with Crippen LogP contribution in [0.25, 0.3) is 0 Å². The van der Waals surface area contributed by atoms with E-state index < -0.39 is 28.2 Å². The molecule has 10 nitrogen and oxygen atoms in total. The minimum atomic E-state index is -4.59. The highest BCUT2D eigenvalue weighted by atomic mass is 32.2. The van der Waals surface area contributed by atoms with Crippen molar-refractivity contribution < 1.29 is 27.4 Å². The van der Waals surface area contributed by atoms with Gasteiger partial charge in [0.25, 0.3) is 11.8 Å². The van der Waals surface area contributed by atoms with Crippen LogP contribution in [0.15, 0.2) is 16.0 Å². The summed E-state index contributed by atoms with van der Waals surface area (Å²) in [5.74, 6) is -1.67. The molecule has 2 rings (SSSR count). The molecular formula is C9H10N4O6S2. The van der Waals surface area contributed by atoms with Gasteiger partial charge in [0.1, 0.15) is 18.8 Å². The SMILES string of the molecule is CO/N=C(/C(=O)N[C@H]1CN(S(=O)(=O)O)C1=O)c1cscn1. The summed E-state index contributed by atoms with van der Waals surface area (Å²) >= 11 is 1.24. The molecule has 2 heterocycles. The van der Waals surface area contributed by atoms with Crippen LogP contribution in [-0.2, 0) is 24.7 Å². The Labute approximate surface area is 123 Å². The zero-order valence-electron chi connectivity index (χ0n) is 10.6. The zero-order chi connectivity index (χ0) is 15.6. The Hall–Kier alpha value is -2.05. The summed E-state index contributed by atoms with van der Waals surface area (Å²) in [7, 11) is -3.35. The van der Waals surface area contributed by atoms with Crippen molar-refractivity contribution in [3.63, 3.8) is 0 Å². The van der Waals surface area contributed by atoms with Crippen molar-refractivity contribution in [2.24, 2.45) is 5.16 Å². The van der Waals surface area contributed by atoms with Gasteiger partial charge < -0.3 is 10.2 Å². The molecule has 1 aromatic rings. The summed E-state index contributed by atoms with van der Waals surface area (Å²) in [6.45, 7) is -0.346. The first kappa shape index (κ1) is 15.3. The van der Waals surface area contributed by atoms with Gasteiger partial charge in [-0.1, -0.05) is 5.16 Å². The highest BCUT2D eigenvalue weighted by Gasteiger charge is 2.44. The van der Waals surface area contributed by atoms with Gasteiger partial charge in [-0.15, -0.1) is 11.3 Å². The zero-order valence-corrected chi connectivity index (χ0v) is 12.2. The third-order valence-electron chi connectivity index (χ3n) is 2.55. The van der Waals surface area contributed by atoms with Crippen LogP contribution >= 0.6 is 11.3 Å². The second-order valence-corrected chi connectivity index (χ2v) is 5.92. The van der Waals surface area contributed by atoms with Crippen molar-refractivity contribution in [1.82, 2.24) is 14.6 Å². The lowest BCUT2D eigenvalue weighted by Crippen LogP contribution is -2.65. The van der Waals surface area contributed by atoms with Gasteiger partial charge in [-0.2, -0.15) is 8.42 Å². The number of rotatable bonds is 5. The number of thiazole rings is 1. The Balaban J connectivity index is 2.06. The molecule has 2 N–H and O–H groups in total. The topological polar surface area (TPSA) is 138 Å². The maximum atomic E-state index is 12.0. The fourth-order valence-corrected chi connectivity index (χ4v) is 2.79. The minimum absolute atomic E-state index is 0.142. The van der Waals surface area contributed by atoms with E-state index in [-0.39, 0.29) is 22.3 Å². The van der Waals surface area contributed by atoms with Crippen LogP contribution in [0, 0.1) is 0 Å². The Morgan fingerprint density at radius 2 is 2.38 bits per heavy atom. The number of oxime groups is 1. The van der Waals surface area contributed by atoms with Gasteiger partial charge in [0.15, 0.2) is 5.71 Å². The molecule has 1 aliphatic heterocycles. The maximum Gasteiger partial charge on any atom is 0.362 e. The van der Waals surface area contributed by atoms with Crippen LogP contribution in [0.5, 0.6) is 0 Å². The molecule has 0 radical (unpaired) electrons. The van der Waals surface area contributed by atoms with Crippen molar-refractivity contribution in [2.45, 2.75) is 6.04 Å². The van der Waals surface area contributed by atoms with Crippen LogP contribution in [0.4, 0.5) is 0 Å². The fourth-order valence-electron chi connectivity index (χ4n) is 1.56. The number of aromatic nitrogens is 1. The minimum Gasteiger partial charge on any atom is -0.398 e. The first-order chi connectivity index (χ1) is 9.84. The molecule has 0 spiro atoms. The van der Waals surface area contributed by atoms with Crippen molar-refractivity contribution in [2.75, 3.05) is 13.7 Å². The van der Waals surface area contributed by atoms with E-state index in [1.54, 1.807) is 5.38 Å². The van der Waals surface area contributed by atoms with E-state index in [1.807, 2.05) is 0 Å². The summed E-state index contributed by atoms with van der Waals surface area (Å²) in [5, 5.41) is 7.38. The highest BCUT2D eigenvalue weighted by Crippen LogP contribution is 2.14. The van der Waals surface area contributed by atoms with Crippen LogP contribution < -0.4 is 5.32 Å².